The van der Waals surface area contributed by atoms with E-state index in [1.807, 2.05) is 0 Å². The molecular weight excluding hydrogens is 301 g/mol. The lowest BCUT2D eigenvalue weighted by Crippen LogP contribution is -2.31. The number of hydrogen-bond donors (Lipinski definition) is 2. The second-order valence-electron chi connectivity index (χ2n) is 4.02. The third-order valence-corrected chi connectivity index (χ3v) is 2.69. The van der Waals surface area contributed by atoms with Crippen molar-refractivity contribution in [3.8, 4) is 5.88 Å². The molecule has 0 saturated heterocycles. The highest BCUT2D eigenvalue weighted by atomic mass is 35.5. The van der Waals surface area contributed by atoms with Crippen molar-refractivity contribution >= 4 is 17.7 Å². The molecule has 1 aromatic heterocycles. The Balaban J connectivity index is 1.86. The van der Waals surface area contributed by atoms with Crippen LogP contribution in [0.4, 0.5) is 9.18 Å². The summed E-state index contributed by atoms with van der Waals surface area (Å²) in [5.41, 5.74) is 0.348. The third-order valence-electron chi connectivity index (χ3n) is 2.48. The monoisotopic (exact) mass is 311 g/mol. The van der Waals surface area contributed by atoms with Gasteiger partial charge in [0.15, 0.2) is 0 Å². The van der Waals surface area contributed by atoms with Gasteiger partial charge in [0.05, 0.1) is 12.6 Å². The lowest BCUT2D eigenvalue weighted by molar-refractivity contribution is 0.160. The fraction of sp³-hybridized carbons (Fsp3) is 0.154. The van der Waals surface area contributed by atoms with Gasteiger partial charge in [0, 0.05) is 6.07 Å². The van der Waals surface area contributed by atoms with E-state index in [1.165, 1.54) is 24.3 Å². The SMILES string of the molecule is O=C(NCC(O)c1cccc(F)c1)Oc1cc(Cl)ncn1. The molecule has 0 spiro atoms. The number of halogens is 2. The fourth-order valence-electron chi connectivity index (χ4n) is 1.52. The minimum atomic E-state index is -1.05. The molecule has 2 aromatic rings. The summed E-state index contributed by atoms with van der Waals surface area (Å²) in [5, 5.41) is 12.3. The molecule has 0 saturated carbocycles. The zero-order chi connectivity index (χ0) is 15.2. The number of nitrogens with one attached hydrogen (secondary N) is 1. The lowest BCUT2D eigenvalue weighted by Gasteiger charge is -2.12. The van der Waals surface area contributed by atoms with Crippen LogP contribution in [-0.2, 0) is 0 Å². The van der Waals surface area contributed by atoms with Crippen LogP contribution in [0.2, 0.25) is 5.15 Å². The van der Waals surface area contributed by atoms with Crippen molar-refractivity contribution in [3.05, 3.63) is 53.2 Å². The van der Waals surface area contributed by atoms with Gasteiger partial charge in [-0.1, -0.05) is 23.7 Å². The number of carbonyl (C=O) groups excluding carboxylic acids is 1. The Hall–Kier alpha value is -2.25. The van der Waals surface area contributed by atoms with Crippen LogP contribution in [0, 0.1) is 5.82 Å². The highest BCUT2D eigenvalue weighted by Crippen LogP contribution is 2.14. The minimum Gasteiger partial charge on any atom is -0.391 e. The molecule has 21 heavy (non-hydrogen) atoms. The summed E-state index contributed by atoms with van der Waals surface area (Å²) in [6, 6.07) is 6.73. The molecule has 6 nitrogen and oxygen atoms in total. The van der Waals surface area contributed by atoms with Crippen LogP contribution in [0.1, 0.15) is 11.7 Å². The molecule has 2 rings (SSSR count). The summed E-state index contributed by atoms with van der Waals surface area (Å²) in [6.07, 6.45) is -0.727. The summed E-state index contributed by atoms with van der Waals surface area (Å²) in [7, 11) is 0. The topological polar surface area (TPSA) is 84.3 Å². The van der Waals surface area contributed by atoms with Gasteiger partial charge >= 0.3 is 6.09 Å². The quantitative estimate of drug-likeness (QED) is 0.845. The second kappa shape index (κ2) is 6.96. The summed E-state index contributed by atoms with van der Waals surface area (Å²) < 4.78 is 17.8. The molecule has 0 aliphatic rings. The number of carbonyl (C=O) groups is 1. The van der Waals surface area contributed by atoms with Crippen molar-refractivity contribution in [2.45, 2.75) is 6.10 Å². The van der Waals surface area contributed by atoms with E-state index in [0.717, 1.165) is 6.33 Å². The molecule has 1 unspecified atom stereocenters. The van der Waals surface area contributed by atoms with Crippen LogP contribution in [-0.4, -0.2) is 27.7 Å². The van der Waals surface area contributed by atoms with Crippen LogP contribution in [0.15, 0.2) is 36.7 Å². The Bertz CT molecular complexity index is 642. The van der Waals surface area contributed by atoms with Crippen molar-refractivity contribution in [2.75, 3.05) is 6.54 Å². The van der Waals surface area contributed by atoms with E-state index in [9.17, 15) is 14.3 Å². The van der Waals surface area contributed by atoms with Crippen molar-refractivity contribution in [2.24, 2.45) is 0 Å². The first-order valence-corrected chi connectivity index (χ1v) is 6.29. The number of aromatic nitrogens is 2. The zero-order valence-electron chi connectivity index (χ0n) is 10.7. The van der Waals surface area contributed by atoms with E-state index >= 15 is 0 Å². The van der Waals surface area contributed by atoms with Crippen LogP contribution >= 0.6 is 11.6 Å². The smallest absolute Gasteiger partial charge is 0.391 e. The first kappa shape index (κ1) is 15.1. The number of amides is 1. The highest BCUT2D eigenvalue weighted by molar-refractivity contribution is 6.29. The van der Waals surface area contributed by atoms with Crippen molar-refractivity contribution < 1.29 is 19.0 Å². The number of hydrogen-bond acceptors (Lipinski definition) is 5. The maximum Gasteiger partial charge on any atom is 0.414 e. The van der Waals surface area contributed by atoms with Crippen LogP contribution < -0.4 is 10.1 Å². The summed E-state index contributed by atoms with van der Waals surface area (Å²) >= 11 is 5.61. The molecule has 1 heterocycles. The maximum atomic E-state index is 13.0. The molecule has 8 heteroatoms. The highest BCUT2D eigenvalue weighted by Gasteiger charge is 2.12. The molecule has 1 aromatic carbocycles. The molecule has 1 atom stereocenters. The van der Waals surface area contributed by atoms with Crippen molar-refractivity contribution in [3.63, 3.8) is 0 Å². The summed E-state index contributed by atoms with van der Waals surface area (Å²) in [6.45, 7) is -0.138. The predicted molar refractivity (Wildman–Crippen MR) is 72.4 cm³/mol. The van der Waals surface area contributed by atoms with Crippen molar-refractivity contribution in [1.29, 1.82) is 0 Å². The second-order valence-corrected chi connectivity index (χ2v) is 4.41. The molecule has 0 aliphatic heterocycles. The van der Waals surface area contributed by atoms with Gasteiger partial charge in [-0.15, -0.1) is 0 Å². The van der Waals surface area contributed by atoms with Gasteiger partial charge in [0.2, 0.25) is 5.88 Å². The molecule has 0 fully saturated rings. The number of benzene rings is 1. The predicted octanol–water partition coefficient (Wildman–Crippen LogP) is 2.09. The molecule has 1 amide bonds. The van der Waals surface area contributed by atoms with Gasteiger partial charge in [-0.05, 0) is 17.7 Å². The summed E-state index contributed by atoms with van der Waals surface area (Å²) in [4.78, 5) is 18.8. The molecule has 0 bridgehead atoms. The maximum absolute atomic E-state index is 13.0. The van der Waals surface area contributed by atoms with E-state index in [1.54, 1.807) is 6.07 Å². The first-order chi connectivity index (χ1) is 10.0. The van der Waals surface area contributed by atoms with E-state index < -0.39 is 18.0 Å². The van der Waals surface area contributed by atoms with Gasteiger partial charge in [0.25, 0.3) is 0 Å². The molecular formula is C13H11ClFN3O3. The van der Waals surface area contributed by atoms with Gasteiger partial charge in [-0.25, -0.2) is 19.2 Å². The molecule has 110 valence electrons. The first-order valence-electron chi connectivity index (χ1n) is 5.91. The van der Waals surface area contributed by atoms with E-state index in [0.29, 0.717) is 5.56 Å². The zero-order valence-corrected chi connectivity index (χ0v) is 11.4. The Morgan fingerprint density at radius 2 is 2.24 bits per heavy atom. The number of aliphatic hydroxyl groups excluding tert-OH is 1. The normalized spacial score (nSPS) is 11.8. The Morgan fingerprint density at radius 3 is 2.95 bits per heavy atom. The molecule has 0 aliphatic carbocycles. The van der Waals surface area contributed by atoms with E-state index in [-0.39, 0.29) is 17.6 Å². The Labute approximate surface area is 124 Å². The van der Waals surface area contributed by atoms with Gasteiger partial charge in [-0.2, -0.15) is 0 Å². The molecule has 0 radical (unpaired) electrons. The van der Waals surface area contributed by atoms with Crippen LogP contribution in [0.5, 0.6) is 5.88 Å². The van der Waals surface area contributed by atoms with Crippen LogP contribution in [0.25, 0.3) is 0 Å². The van der Waals surface area contributed by atoms with Crippen molar-refractivity contribution in [1.82, 2.24) is 15.3 Å². The number of aliphatic hydroxyl groups is 1. The van der Waals surface area contributed by atoms with Gasteiger partial charge < -0.3 is 15.2 Å². The van der Waals surface area contributed by atoms with E-state index in [4.69, 9.17) is 16.3 Å². The average Bonchev–Trinajstić information content (AvgIpc) is 2.45. The minimum absolute atomic E-state index is 0.0206. The molecule has 2 N–H and O–H groups in total. The standard InChI is InChI=1S/C13H11ClFN3O3/c14-11-5-12(18-7-17-11)21-13(20)16-6-10(19)8-2-1-3-9(15)4-8/h1-5,7,10,19H,6H2,(H,16,20). The average molecular weight is 312 g/mol. The number of nitrogens with zero attached hydrogens (tertiary/aromatic N) is 2. The van der Waals surface area contributed by atoms with Gasteiger partial charge in [0.1, 0.15) is 17.3 Å². The Morgan fingerprint density at radius 1 is 1.43 bits per heavy atom. The lowest BCUT2D eigenvalue weighted by atomic mass is 10.1. The third kappa shape index (κ3) is 4.66. The fourth-order valence-corrected chi connectivity index (χ4v) is 1.65. The number of ether oxygens (including phenoxy) is 1. The van der Waals surface area contributed by atoms with Crippen LogP contribution in [0.3, 0.4) is 0 Å². The van der Waals surface area contributed by atoms with E-state index in [2.05, 4.69) is 15.3 Å². The largest absolute Gasteiger partial charge is 0.414 e. The summed E-state index contributed by atoms with van der Waals surface area (Å²) in [5.74, 6) is -0.488. The van der Waals surface area contributed by atoms with Gasteiger partial charge in [-0.3, -0.25) is 0 Å². The Kier molecular flexibility index (Phi) is 5.02. The number of rotatable bonds is 4.